The third-order valence-electron chi connectivity index (χ3n) is 4.71. The minimum atomic E-state index is -0.250. The molecule has 25 heavy (non-hydrogen) atoms. The minimum Gasteiger partial charge on any atom is -0.497 e. The SMILES string of the molecule is CCOC(=O)CCN(C(=O)c1cccc(OC)c1)C1CCCCCC1. The third-order valence-corrected chi connectivity index (χ3v) is 4.71. The van der Waals surface area contributed by atoms with Gasteiger partial charge in [0.1, 0.15) is 5.75 Å². The largest absolute Gasteiger partial charge is 0.497 e. The predicted octanol–water partition coefficient (Wildman–Crippen LogP) is 3.81. The molecule has 1 saturated carbocycles. The summed E-state index contributed by atoms with van der Waals surface area (Å²) < 4.78 is 10.3. The van der Waals surface area contributed by atoms with E-state index in [2.05, 4.69) is 0 Å². The van der Waals surface area contributed by atoms with E-state index in [1.165, 1.54) is 12.8 Å². The monoisotopic (exact) mass is 347 g/mol. The fourth-order valence-electron chi connectivity index (χ4n) is 3.39. The van der Waals surface area contributed by atoms with Gasteiger partial charge in [0, 0.05) is 18.2 Å². The van der Waals surface area contributed by atoms with Gasteiger partial charge >= 0.3 is 5.97 Å². The zero-order valence-electron chi connectivity index (χ0n) is 15.3. The van der Waals surface area contributed by atoms with Crippen molar-refractivity contribution >= 4 is 11.9 Å². The van der Waals surface area contributed by atoms with Crippen molar-refractivity contribution in [2.75, 3.05) is 20.3 Å². The van der Waals surface area contributed by atoms with Gasteiger partial charge in [-0.25, -0.2) is 0 Å². The summed E-state index contributed by atoms with van der Waals surface area (Å²) in [6, 6.07) is 7.40. The molecule has 138 valence electrons. The molecule has 0 radical (unpaired) electrons. The summed E-state index contributed by atoms with van der Waals surface area (Å²) in [6.45, 7) is 2.56. The number of carbonyl (C=O) groups is 2. The molecule has 0 unspecified atom stereocenters. The maximum atomic E-state index is 13.1. The first-order valence-electron chi connectivity index (χ1n) is 9.26. The standard InChI is InChI=1S/C20H29NO4/c1-3-25-19(22)13-14-21(17-10-6-4-5-7-11-17)20(23)16-9-8-12-18(15-16)24-2/h8-9,12,15,17H,3-7,10-11,13-14H2,1-2H3. The van der Waals surface area contributed by atoms with E-state index < -0.39 is 0 Å². The van der Waals surface area contributed by atoms with Crippen molar-refractivity contribution in [3.8, 4) is 5.75 Å². The number of methoxy groups -OCH3 is 1. The maximum Gasteiger partial charge on any atom is 0.307 e. The van der Waals surface area contributed by atoms with Crippen LogP contribution in [0.25, 0.3) is 0 Å². The molecule has 1 aliphatic carbocycles. The van der Waals surface area contributed by atoms with Gasteiger partial charge in [-0.2, -0.15) is 0 Å². The van der Waals surface area contributed by atoms with Crippen LogP contribution in [-0.4, -0.2) is 43.1 Å². The second-order valence-corrected chi connectivity index (χ2v) is 6.43. The number of carbonyl (C=O) groups excluding carboxylic acids is 2. The first kappa shape index (κ1) is 19.3. The molecule has 2 rings (SSSR count). The first-order valence-corrected chi connectivity index (χ1v) is 9.26. The van der Waals surface area contributed by atoms with Gasteiger partial charge in [0.25, 0.3) is 5.91 Å². The number of rotatable bonds is 7. The smallest absolute Gasteiger partial charge is 0.307 e. The highest BCUT2D eigenvalue weighted by molar-refractivity contribution is 5.95. The molecule has 5 nitrogen and oxygen atoms in total. The average molecular weight is 347 g/mol. The van der Waals surface area contributed by atoms with Crippen molar-refractivity contribution in [2.24, 2.45) is 0 Å². The number of hydrogen-bond acceptors (Lipinski definition) is 4. The number of esters is 1. The minimum absolute atomic E-state index is 0.0323. The first-order chi connectivity index (χ1) is 12.2. The molecule has 0 aromatic heterocycles. The van der Waals surface area contributed by atoms with Crippen molar-refractivity contribution in [3.63, 3.8) is 0 Å². The maximum absolute atomic E-state index is 13.1. The number of amides is 1. The Bertz CT molecular complexity index is 565. The highest BCUT2D eigenvalue weighted by Gasteiger charge is 2.26. The Kier molecular flexibility index (Phi) is 7.76. The van der Waals surface area contributed by atoms with E-state index in [1.807, 2.05) is 17.0 Å². The van der Waals surface area contributed by atoms with Gasteiger partial charge in [-0.15, -0.1) is 0 Å². The van der Waals surface area contributed by atoms with Crippen molar-refractivity contribution < 1.29 is 19.1 Å². The molecule has 0 saturated heterocycles. The summed E-state index contributed by atoms with van der Waals surface area (Å²) in [5.41, 5.74) is 0.604. The highest BCUT2D eigenvalue weighted by Crippen LogP contribution is 2.24. The predicted molar refractivity (Wildman–Crippen MR) is 96.8 cm³/mol. The van der Waals surface area contributed by atoms with E-state index in [0.29, 0.717) is 24.5 Å². The van der Waals surface area contributed by atoms with Gasteiger partial charge in [-0.3, -0.25) is 9.59 Å². The molecule has 5 heteroatoms. The highest BCUT2D eigenvalue weighted by atomic mass is 16.5. The second kappa shape index (κ2) is 10.1. The Morgan fingerprint density at radius 1 is 1.16 bits per heavy atom. The van der Waals surface area contributed by atoms with Crippen LogP contribution in [0.3, 0.4) is 0 Å². The van der Waals surface area contributed by atoms with Crippen LogP contribution < -0.4 is 4.74 Å². The normalized spacial score (nSPS) is 15.3. The molecule has 1 aromatic carbocycles. The summed E-state index contributed by atoms with van der Waals surface area (Å²) in [7, 11) is 1.59. The van der Waals surface area contributed by atoms with Gasteiger partial charge in [-0.1, -0.05) is 31.7 Å². The van der Waals surface area contributed by atoms with Gasteiger partial charge in [0.15, 0.2) is 0 Å². The Hall–Kier alpha value is -2.04. The zero-order valence-corrected chi connectivity index (χ0v) is 15.3. The Morgan fingerprint density at radius 3 is 2.52 bits per heavy atom. The zero-order chi connectivity index (χ0) is 18.1. The lowest BCUT2D eigenvalue weighted by Crippen LogP contribution is -2.41. The topological polar surface area (TPSA) is 55.8 Å². The Morgan fingerprint density at radius 2 is 1.88 bits per heavy atom. The van der Waals surface area contributed by atoms with Crippen molar-refractivity contribution in [1.29, 1.82) is 0 Å². The summed E-state index contributed by atoms with van der Waals surface area (Å²) in [6.07, 6.45) is 6.93. The van der Waals surface area contributed by atoms with Crippen molar-refractivity contribution in [3.05, 3.63) is 29.8 Å². The quantitative estimate of drug-likeness (QED) is 0.556. The lowest BCUT2D eigenvalue weighted by atomic mass is 10.0. The third kappa shape index (κ3) is 5.76. The second-order valence-electron chi connectivity index (χ2n) is 6.43. The van der Waals surface area contributed by atoms with Crippen LogP contribution in [-0.2, 0) is 9.53 Å². The summed E-state index contributed by atoms with van der Waals surface area (Å²) in [5.74, 6) is 0.381. The lowest BCUT2D eigenvalue weighted by Gasteiger charge is -2.31. The Labute approximate surface area is 150 Å². The van der Waals surface area contributed by atoms with Crippen molar-refractivity contribution in [2.45, 2.75) is 57.9 Å². The van der Waals surface area contributed by atoms with Crippen LogP contribution in [0.15, 0.2) is 24.3 Å². The van der Waals surface area contributed by atoms with E-state index in [1.54, 1.807) is 26.2 Å². The number of benzene rings is 1. The molecule has 0 heterocycles. The van der Waals surface area contributed by atoms with Crippen LogP contribution in [0.2, 0.25) is 0 Å². The number of hydrogen-bond donors (Lipinski definition) is 0. The van der Waals surface area contributed by atoms with Gasteiger partial charge < -0.3 is 14.4 Å². The molecule has 1 amide bonds. The van der Waals surface area contributed by atoms with Gasteiger partial charge in [-0.05, 0) is 38.0 Å². The summed E-state index contributed by atoms with van der Waals surface area (Å²) in [5, 5.41) is 0. The van der Waals surface area contributed by atoms with E-state index in [4.69, 9.17) is 9.47 Å². The molecular formula is C20H29NO4. The van der Waals surface area contributed by atoms with Crippen LogP contribution >= 0.6 is 0 Å². The molecule has 0 bridgehead atoms. The fraction of sp³-hybridized carbons (Fsp3) is 0.600. The molecule has 1 aliphatic rings. The van der Waals surface area contributed by atoms with Crippen LogP contribution in [0.5, 0.6) is 5.75 Å². The van der Waals surface area contributed by atoms with Gasteiger partial charge in [0.05, 0.1) is 20.1 Å². The van der Waals surface area contributed by atoms with Crippen molar-refractivity contribution in [1.82, 2.24) is 4.90 Å². The van der Waals surface area contributed by atoms with E-state index in [0.717, 1.165) is 25.7 Å². The molecule has 1 fully saturated rings. The van der Waals surface area contributed by atoms with Crippen LogP contribution in [0.4, 0.5) is 0 Å². The molecule has 0 aliphatic heterocycles. The number of nitrogens with zero attached hydrogens (tertiary/aromatic N) is 1. The Balaban J connectivity index is 2.16. The van der Waals surface area contributed by atoms with Crippen LogP contribution in [0, 0.1) is 0 Å². The fourth-order valence-corrected chi connectivity index (χ4v) is 3.39. The molecular weight excluding hydrogens is 318 g/mol. The average Bonchev–Trinajstić information content (AvgIpc) is 2.91. The van der Waals surface area contributed by atoms with Gasteiger partial charge in [0.2, 0.25) is 0 Å². The summed E-state index contributed by atoms with van der Waals surface area (Å²) >= 11 is 0. The lowest BCUT2D eigenvalue weighted by molar-refractivity contribution is -0.143. The van der Waals surface area contributed by atoms with E-state index in [-0.39, 0.29) is 24.3 Å². The molecule has 0 atom stereocenters. The number of ether oxygens (including phenoxy) is 2. The molecule has 0 spiro atoms. The molecule has 1 aromatic rings. The van der Waals surface area contributed by atoms with Crippen LogP contribution in [0.1, 0.15) is 62.2 Å². The summed E-state index contributed by atoms with van der Waals surface area (Å²) in [4.78, 5) is 26.8. The van der Waals surface area contributed by atoms with E-state index in [9.17, 15) is 9.59 Å². The van der Waals surface area contributed by atoms with E-state index >= 15 is 0 Å². The molecule has 0 N–H and O–H groups in total.